The van der Waals surface area contributed by atoms with Crippen LogP contribution < -0.4 is 15.8 Å². The van der Waals surface area contributed by atoms with Crippen LogP contribution in [0.4, 0.5) is 5.69 Å². The van der Waals surface area contributed by atoms with Gasteiger partial charge in [0.25, 0.3) is 11.5 Å². The lowest BCUT2D eigenvalue weighted by Gasteiger charge is -2.17. The Morgan fingerprint density at radius 3 is 2.52 bits per heavy atom. The molecule has 0 spiro atoms. The summed E-state index contributed by atoms with van der Waals surface area (Å²) < 4.78 is 1.56. The van der Waals surface area contributed by atoms with Gasteiger partial charge in [-0.25, -0.2) is 0 Å². The second-order valence-corrected chi connectivity index (χ2v) is 8.41. The van der Waals surface area contributed by atoms with Gasteiger partial charge in [0, 0.05) is 53.9 Å². The van der Waals surface area contributed by atoms with E-state index in [1.807, 2.05) is 43.3 Å². The maximum atomic E-state index is 12.5. The minimum Gasteiger partial charge on any atom is -0.351 e. The Labute approximate surface area is 172 Å². The summed E-state index contributed by atoms with van der Waals surface area (Å²) >= 11 is 1.46. The van der Waals surface area contributed by atoms with Crippen LogP contribution >= 0.6 is 11.3 Å². The molecule has 148 valence electrons. The van der Waals surface area contributed by atoms with Crippen LogP contribution in [0, 0.1) is 12.8 Å². The number of aromatic nitrogens is 1. The Bertz CT molecular complexity index is 1100. The summed E-state index contributed by atoms with van der Waals surface area (Å²) in [6.07, 6.45) is 2.12. The third-order valence-electron chi connectivity index (χ3n) is 4.98. The summed E-state index contributed by atoms with van der Waals surface area (Å²) in [5.41, 5.74) is 1.45. The third-order valence-corrected chi connectivity index (χ3v) is 5.98. The summed E-state index contributed by atoms with van der Waals surface area (Å²) in [6, 6.07) is 16.1. The summed E-state index contributed by atoms with van der Waals surface area (Å²) in [7, 11) is 0. The highest BCUT2D eigenvalue weighted by molar-refractivity contribution is 7.13. The lowest BCUT2D eigenvalue weighted by Crippen LogP contribution is -2.30. The smallest absolute Gasteiger partial charge is 0.261 e. The normalized spacial score (nSPS) is 16.2. The van der Waals surface area contributed by atoms with Crippen molar-refractivity contribution < 1.29 is 9.59 Å². The molecule has 1 unspecified atom stereocenters. The first-order valence-corrected chi connectivity index (χ1v) is 10.3. The van der Waals surface area contributed by atoms with Gasteiger partial charge >= 0.3 is 0 Å². The van der Waals surface area contributed by atoms with Crippen LogP contribution in [0.3, 0.4) is 0 Å². The number of aryl methyl sites for hydroxylation is 1. The lowest BCUT2D eigenvalue weighted by molar-refractivity contribution is -0.117. The van der Waals surface area contributed by atoms with Crippen molar-refractivity contribution in [3.05, 3.63) is 80.9 Å². The van der Waals surface area contributed by atoms with Crippen molar-refractivity contribution in [2.75, 3.05) is 18.0 Å². The van der Waals surface area contributed by atoms with E-state index in [9.17, 15) is 14.4 Å². The van der Waals surface area contributed by atoms with E-state index < -0.39 is 0 Å². The molecule has 1 N–H and O–H groups in total. The molecule has 0 radical (unpaired) electrons. The number of amides is 2. The number of carbonyl (C=O) groups is 2. The number of hydrogen-bond donors (Lipinski definition) is 1. The second-order valence-electron chi connectivity index (χ2n) is 7.12. The molecule has 6 nitrogen and oxygen atoms in total. The van der Waals surface area contributed by atoms with E-state index in [4.69, 9.17) is 0 Å². The molecule has 0 bridgehead atoms. The predicted octanol–water partition coefficient (Wildman–Crippen LogP) is 2.99. The zero-order chi connectivity index (χ0) is 20.4. The van der Waals surface area contributed by atoms with Gasteiger partial charge in [-0.1, -0.05) is 6.07 Å². The van der Waals surface area contributed by atoms with Crippen molar-refractivity contribution in [3.8, 4) is 5.69 Å². The molecule has 3 aromatic rings. The zero-order valence-electron chi connectivity index (χ0n) is 16.0. The molecule has 3 heterocycles. The van der Waals surface area contributed by atoms with E-state index in [0.717, 1.165) is 16.3 Å². The standard InChI is InChI=1S/C22H21N3O3S/c1-15-5-10-19(29-15)22(28)23-13-16-12-21(27)25(14-16)18-8-6-17(7-9-18)24-11-3-2-4-20(24)26/h2-11,16H,12-14H2,1H3,(H,23,28). The van der Waals surface area contributed by atoms with Gasteiger partial charge in [-0.15, -0.1) is 11.3 Å². The van der Waals surface area contributed by atoms with Crippen LogP contribution in [0.2, 0.25) is 0 Å². The first-order valence-electron chi connectivity index (χ1n) is 9.44. The molecule has 1 aromatic carbocycles. The highest BCUT2D eigenvalue weighted by Gasteiger charge is 2.30. The number of nitrogens with zero attached hydrogens (tertiary/aromatic N) is 2. The van der Waals surface area contributed by atoms with Crippen LogP contribution in [0.1, 0.15) is 21.0 Å². The van der Waals surface area contributed by atoms with Crippen LogP contribution in [-0.2, 0) is 4.79 Å². The van der Waals surface area contributed by atoms with Gasteiger partial charge in [0.2, 0.25) is 5.91 Å². The van der Waals surface area contributed by atoms with E-state index in [1.165, 1.54) is 17.4 Å². The number of anilines is 1. The Hall–Kier alpha value is -3.19. The van der Waals surface area contributed by atoms with Gasteiger partial charge in [0.15, 0.2) is 0 Å². The molecule has 1 aliphatic heterocycles. The average Bonchev–Trinajstić information content (AvgIpc) is 3.32. The summed E-state index contributed by atoms with van der Waals surface area (Å²) in [5, 5.41) is 2.94. The van der Waals surface area contributed by atoms with Gasteiger partial charge in [-0.05, 0) is 49.4 Å². The molecule has 1 aliphatic rings. The Balaban J connectivity index is 1.39. The number of pyridine rings is 1. The number of nitrogens with one attached hydrogen (secondary N) is 1. The topological polar surface area (TPSA) is 71.4 Å². The molecule has 29 heavy (non-hydrogen) atoms. The van der Waals surface area contributed by atoms with Crippen molar-refractivity contribution in [3.63, 3.8) is 0 Å². The highest BCUT2D eigenvalue weighted by atomic mass is 32.1. The molecule has 1 atom stereocenters. The minimum atomic E-state index is -0.103. The fourth-order valence-corrected chi connectivity index (χ4v) is 4.27. The summed E-state index contributed by atoms with van der Waals surface area (Å²) in [4.78, 5) is 40.2. The Morgan fingerprint density at radius 2 is 1.83 bits per heavy atom. The molecule has 1 fully saturated rings. The molecule has 4 rings (SSSR count). The number of benzene rings is 1. The molecular weight excluding hydrogens is 386 g/mol. The molecule has 0 saturated carbocycles. The second kappa shape index (κ2) is 8.05. The molecule has 2 aromatic heterocycles. The van der Waals surface area contributed by atoms with Crippen molar-refractivity contribution >= 4 is 28.8 Å². The predicted molar refractivity (Wildman–Crippen MR) is 114 cm³/mol. The average molecular weight is 407 g/mol. The van der Waals surface area contributed by atoms with Gasteiger partial charge < -0.3 is 10.2 Å². The van der Waals surface area contributed by atoms with E-state index in [-0.39, 0.29) is 23.3 Å². The lowest BCUT2D eigenvalue weighted by atomic mass is 10.1. The molecule has 7 heteroatoms. The van der Waals surface area contributed by atoms with Gasteiger partial charge in [-0.3, -0.25) is 19.0 Å². The van der Waals surface area contributed by atoms with Crippen molar-refractivity contribution in [2.24, 2.45) is 5.92 Å². The SMILES string of the molecule is Cc1ccc(C(=O)NCC2CC(=O)N(c3ccc(-n4ccccc4=O)cc3)C2)s1. The largest absolute Gasteiger partial charge is 0.351 e. The minimum absolute atomic E-state index is 0.0424. The quantitative estimate of drug-likeness (QED) is 0.707. The summed E-state index contributed by atoms with van der Waals surface area (Å²) in [6.45, 7) is 3.00. The number of rotatable bonds is 5. The Kier molecular flexibility index (Phi) is 5.31. The fourth-order valence-electron chi connectivity index (χ4n) is 3.48. The van der Waals surface area contributed by atoms with Crippen molar-refractivity contribution in [2.45, 2.75) is 13.3 Å². The van der Waals surface area contributed by atoms with E-state index >= 15 is 0 Å². The van der Waals surface area contributed by atoms with Gasteiger partial charge in [0.1, 0.15) is 0 Å². The third kappa shape index (κ3) is 4.14. The van der Waals surface area contributed by atoms with Crippen LogP contribution in [0.5, 0.6) is 0 Å². The molecular formula is C22H21N3O3S. The number of hydrogen-bond acceptors (Lipinski definition) is 4. The highest BCUT2D eigenvalue weighted by Crippen LogP contribution is 2.26. The molecule has 1 saturated heterocycles. The monoisotopic (exact) mass is 407 g/mol. The number of carbonyl (C=O) groups excluding carboxylic acids is 2. The van der Waals surface area contributed by atoms with Crippen molar-refractivity contribution in [1.82, 2.24) is 9.88 Å². The first-order chi connectivity index (χ1) is 14.0. The first kappa shape index (κ1) is 19.1. The van der Waals surface area contributed by atoms with Crippen LogP contribution in [0.15, 0.2) is 65.6 Å². The molecule has 0 aliphatic carbocycles. The fraction of sp³-hybridized carbons (Fsp3) is 0.227. The van der Waals surface area contributed by atoms with E-state index in [1.54, 1.807) is 27.8 Å². The van der Waals surface area contributed by atoms with E-state index in [2.05, 4.69) is 5.32 Å². The zero-order valence-corrected chi connectivity index (χ0v) is 16.8. The molecule has 2 amide bonds. The van der Waals surface area contributed by atoms with Gasteiger partial charge in [-0.2, -0.15) is 0 Å². The number of thiophene rings is 1. The van der Waals surface area contributed by atoms with Crippen LogP contribution in [-0.4, -0.2) is 29.5 Å². The maximum absolute atomic E-state index is 12.5. The summed E-state index contributed by atoms with van der Waals surface area (Å²) in [5.74, 6) is 0.0245. The van der Waals surface area contributed by atoms with Crippen molar-refractivity contribution in [1.29, 1.82) is 0 Å². The Morgan fingerprint density at radius 1 is 1.07 bits per heavy atom. The van der Waals surface area contributed by atoms with Gasteiger partial charge in [0.05, 0.1) is 4.88 Å². The maximum Gasteiger partial charge on any atom is 0.261 e. The van der Waals surface area contributed by atoms with Crippen LogP contribution in [0.25, 0.3) is 5.69 Å². The van der Waals surface area contributed by atoms with E-state index in [0.29, 0.717) is 24.4 Å².